The summed E-state index contributed by atoms with van der Waals surface area (Å²) in [5.41, 5.74) is 3.78. The van der Waals surface area contributed by atoms with Crippen LogP contribution in [0.2, 0.25) is 0 Å². The van der Waals surface area contributed by atoms with Gasteiger partial charge in [0.05, 0.1) is 26.8 Å². The molecule has 7 nitrogen and oxygen atoms in total. The number of hydrogen-bond donors (Lipinski definition) is 1. The van der Waals surface area contributed by atoms with E-state index in [4.69, 9.17) is 9.47 Å². The molecule has 188 valence electrons. The lowest BCUT2D eigenvalue weighted by Gasteiger charge is -2.36. The van der Waals surface area contributed by atoms with Gasteiger partial charge in [-0.3, -0.25) is 14.5 Å². The van der Waals surface area contributed by atoms with E-state index in [9.17, 15) is 9.59 Å². The Morgan fingerprint density at radius 2 is 1.28 bits per heavy atom. The first-order valence-corrected chi connectivity index (χ1v) is 12.1. The number of Topliss-reactive ketones (excluding diaryl/α,β-unsaturated/α-hetero) is 1. The van der Waals surface area contributed by atoms with Crippen molar-refractivity contribution >= 4 is 17.4 Å². The average molecular weight is 488 g/mol. The Morgan fingerprint density at radius 3 is 1.72 bits per heavy atom. The third kappa shape index (κ3) is 6.23. The van der Waals surface area contributed by atoms with E-state index in [0.717, 1.165) is 60.1 Å². The molecule has 0 saturated carbocycles. The Kier molecular flexibility index (Phi) is 8.23. The first-order chi connectivity index (χ1) is 17.5. The molecule has 36 heavy (non-hydrogen) atoms. The summed E-state index contributed by atoms with van der Waals surface area (Å²) in [7, 11) is 3.28. The second-order valence-corrected chi connectivity index (χ2v) is 8.91. The van der Waals surface area contributed by atoms with Crippen LogP contribution in [0.1, 0.15) is 34.5 Å². The minimum absolute atomic E-state index is 0.0223. The number of nitrogens with zero attached hydrogens (tertiary/aromatic N) is 2. The molecule has 0 spiro atoms. The number of hydrogen-bond acceptors (Lipinski definition) is 6. The predicted octanol–water partition coefficient (Wildman–Crippen LogP) is 3.93. The van der Waals surface area contributed by atoms with E-state index in [2.05, 4.69) is 15.1 Å². The second-order valence-electron chi connectivity index (χ2n) is 8.91. The number of ketones is 1. The summed E-state index contributed by atoms with van der Waals surface area (Å²) in [4.78, 5) is 29.1. The Balaban J connectivity index is 1.38. The molecule has 0 aliphatic carbocycles. The fourth-order valence-corrected chi connectivity index (χ4v) is 4.43. The lowest BCUT2D eigenvalue weighted by molar-refractivity contribution is -0.122. The fraction of sp³-hybridized carbons (Fsp3) is 0.310. The highest BCUT2D eigenvalue weighted by Gasteiger charge is 2.22. The summed E-state index contributed by atoms with van der Waals surface area (Å²) < 4.78 is 10.6. The molecule has 1 amide bonds. The lowest BCUT2D eigenvalue weighted by atomic mass is 9.98. The van der Waals surface area contributed by atoms with Gasteiger partial charge in [-0.1, -0.05) is 24.3 Å². The molecule has 0 radical (unpaired) electrons. The summed E-state index contributed by atoms with van der Waals surface area (Å²) in [6.45, 7) is 5.14. The van der Waals surface area contributed by atoms with Gasteiger partial charge in [0.2, 0.25) is 5.91 Å². The van der Waals surface area contributed by atoms with Crippen LogP contribution in [-0.2, 0) is 4.79 Å². The normalized spacial score (nSPS) is 13.9. The molecule has 1 fully saturated rings. The number of nitrogens with one attached hydrogen (secondary N) is 1. The topological polar surface area (TPSA) is 71.1 Å². The van der Waals surface area contributed by atoms with Gasteiger partial charge in [0, 0.05) is 37.4 Å². The quantitative estimate of drug-likeness (QED) is 0.461. The number of piperazine rings is 1. The molecule has 1 aliphatic heterocycles. The summed E-state index contributed by atoms with van der Waals surface area (Å²) in [6.07, 6.45) is 0. The number of methoxy groups -OCH3 is 2. The summed E-state index contributed by atoms with van der Waals surface area (Å²) >= 11 is 0. The van der Waals surface area contributed by atoms with Crippen molar-refractivity contribution in [3.05, 3.63) is 89.5 Å². The Bertz CT molecular complexity index is 1110. The van der Waals surface area contributed by atoms with Crippen molar-refractivity contribution in [2.45, 2.75) is 13.0 Å². The summed E-state index contributed by atoms with van der Waals surface area (Å²) in [5.74, 6) is 1.59. The minimum Gasteiger partial charge on any atom is -0.497 e. The van der Waals surface area contributed by atoms with Crippen LogP contribution >= 0.6 is 0 Å². The standard InChI is InChI=1S/C29H33N3O4/c1-21(33)22-4-10-25(11-5-22)32-18-16-31(17-19-32)20-28(34)30-29(23-6-12-26(35-2)13-7-23)24-8-14-27(36-3)15-9-24/h4-15,29H,16-20H2,1-3H3,(H,30,34). The van der Waals surface area contributed by atoms with Crippen LogP contribution in [0.15, 0.2) is 72.8 Å². The van der Waals surface area contributed by atoms with E-state index in [1.54, 1.807) is 21.1 Å². The predicted molar refractivity (Wildman–Crippen MR) is 141 cm³/mol. The van der Waals surface area contributed by atoms with Crippen molar-refractivity contribution in [1.82, 2.24) is 10.2 Å². The zero-order chi connectivity index (χ0) is 25.5. The van der Waals surface area contributed by atoms with Gasteiger partial charge < -0.3 is 19.7 Å². The highest BCUT2D eigenvalue weighted by Crippen LogP contribution is 2.26. The van der Waals surface area contributed by atoms with Gasteiger partial charge in [-0.2, -0.15) is 0 Å². The fourth-order valence-electron chi connectivity index (χ4n) is 4.43. The third-order valence-corrected chi connectivity index (χ3v) is 6.58. The second kappa shape index (κ2) is 11.7. The third-order valence-electron chi connectivity index (χ3n) is 6.58. The number of amides is 1. The molecule has 0 atom stereocenters. The SMILES string of the molecule is COc1ccc(C(NC(=O)CN2CCN(c3ccc(C(C)=O)cc3)CC2)c2ccc(OC)cc2)cc1. The van der Waals surface area contributed by atoms with Crippen LogP contribution in [0.5, 0.6) is 11.5 Å². The molecule has 1 N–H and O–H groups in total. The van der Waals surface area contributed by atoms with Crippen molar-refractivity contribution in [3.63, 3.8) is 0 Å². The lowest BCUT2D eigenvalue weighted by Crippen LogP contribution is -2.49. The van der Waals surface area contributed by atoms with Crippen LogP contribution < -0.4 is 19.7 Å². The summed E-state index contributed by atoms with van der Waals surface area (Å²) in [5, 5.41) is 3.22. The van der Waals surface area contributed by atoms with E-state index >= 15 is 0 Å². The molecule has 3 aromatic carbocycles. The number of carbonyl (C=O) groups is 2. The first-order valence-electron chi connectivity index (χ1n) is 12.1. The van der Waals surface area contributed by atoms with Crippen molar-refractivity contribution in [2.75, 3.05) is 51.8 Å². The van der Waals surface area contributed by atoms with E-state index in [1.165, 1.54) is 0 Å². The van der Waals surface area contributed by atoms with Gasteiger partial charge in [-0.25, -0.2) is 0 Å². The Labute approximate surface area is 212 Å². The summed E-state index contributed by atoms with van der Waals surface area (Å²) in [6, 6.07) is 23.0. The maximum Gasteiger partial charge on any atom is 0.234 e. The largest absolute Gasteiger partial charge is 0.497 e. The zero-order valence-electron chi connectivity index (χ0n) is 21.1. The van der Waals surface area contributed by atoms with Crippen molar-refractivity contribution < 1.29 is 19.1 Å². The zero-order valence-corrected chi connectivity index (χ0v) is 21.1. The molecular formula is C29H33N3O4. The molecule has 0 unspecified atom stereocenters. The van der Waals surface area contributed by atoms with Crippen molar-refractivity contribution in [1.29, 1.82) is 0 Å². The van der Waals surface area contributed by atoms with Gasteiger partial charge in [0.25, 0.3) is 0 Å². The average Bonchev–Trinajstić information content (AvgIpc) is 2.92. The van der Waals surface area contributed by atoms with Crippen LogP contribution in [-0.4, -0.2) is 63.5 Å². The molecule has 1 heterocycles. The van der Waals surface area contributed by atoms with E-state index in [1.807, 2.05) is 72.8 Å². The number of rotatable bonds is 9. The van der Waals surface area contributed by atoms with Gasteiger partial charge in [0.1, 0.15) is 11.5 Å². The molecular weight excluding hydrogens is 454 g/mol. The van der Waals surface area contributed by atoms with Crippen LogP contribution in [0, 0.1) is 0 Å². The van der Waals surface area contributed by atoms with Crippen molar-refractivity contribution in [3.8, 4) is 11.5 Å². The highest BCUT2D eigenvalue weighted by atomic mass is 16.5. The Morgan fingerprint density at radius 1 is 0.778 bits per heavy atom. The minimum atomic E-state index is -0.282. The molecule has 1 aliphatic rings. The monoisotopic (exact) mass is 487 g/mol. The number of anilines is 1. The van der Waals surface area contributed by atoms with Gasteiger partial charge in [0.15, 0.2) is 5.78 Å². The molecule has 3 aromatic rings. The van der Waals surface area contributed by atoms with Crippen LogP contribution in [0.3, 0.4) is 0 Å². The van der Waals surface area contributed by atoms with Gasteiger partial charge in [-0.05, 0) is 66.6 Å². The maximum atomic E-state index is 13.1. The number of ether oxygens (including phenoxy) is 2. The van der Waals surface area contributed by atoms with Gasteiger partial charge in [-0.15, -0.1) is 0 Å². The number of benzene rings is 3. The maximum absolute atomic E-state index is 13.1. The molecule has 0 aromatic heterocycles. The van der Waals surface area contributed by atoms with Crippen molar-refractivity contribution in [2.24, 2.45) is 0 Å². The van der Waals surface area contributed by atoms with Crippen LogP contribution in [0.4, 0.5) is 5.69 Å². The molecule has 7 heteroatoms. The van der Waals surface area contributed by atoms with E-state index in [-0.39, 0.29) is 17.7 Å². The van der Waals surface area contributed by atoms with Gasteiger partial charge >= 0.3 is 0 Å². The first kappa shape index (κ1) is 25.3. The molecule has 4 rings (SSSR count). The highest BCUT2D eigenvalue weighted by molar-refractivity contribution is 5.94. The van der Waals surface area contributed by atoms with Crippen LogP contribution in [0.25, 0.3) is 0 Å². The molecule has 0 bridgehead atoms. The van der Waals surface area contributed by atoms with E-state index in [0.29, 0.717) is 6.54 Å². The number of carbonyl (C=O) groups excluding carboxylic acids is 2. The van der Waals surface area contributed by atoms with E-state index < -0.39 is 0 Å². The smallest absolute Gasteiger partial charge is 0.234 e. The Hall–Kier alpha value is -3.84. The molecule has 1 saturated heterocycles.